The molecule has 0 aliphatic carbocycles. The van der Waals surface area contributed by atoms with E-state index in [1.165, 1.54) is 0 Å². The van der Waals surface area contributed by atoms with Crippen LogP contribution in [0.2, 0.25) is 0 Å². The average Bonchev–Trinajstić information content (AvgIpc) is 1.97. The van der Waals surface area contributed by atoms with E-state index in [9.17, 15) is 0 Å². The van der Waals surface area contributed by atoms with Crippen LogP contribution in [0, 0.1) is 0 Å². The van der Waals surface area contributed by atoms with Crippen LogP contribution in [0.3, 0.4) is 0 Å². The van der Waals surface area contributed by atoms with Crippen LogP contribution in [0.25, 0.3) is 0 Å². The van der Waals surface area contributed by atoms with Gasteiger partial charge in [-0.3, -0.25) is 0 Å². The minimum Gasteiger partial charge on any atom is -0.161 e. The van der Waals surface area contributed by atoms with Crippen LogP contribution in [0.15, 0.2) is 0 Å². The molecule has 0 saturated carbocycles. The van der Waals surface area contributed by atoms with Gasteiger partial charge in [0.25, 0.3) is 0 Å². The quantitative estimate of drug-likeness (QED) is 0.339. The molecule has 0 aliphatic rings. The second kappa shape index (κ2) is 6.35. The van der Waals surface area contributed by atoms with Crippen LogP contribution >= 0.6 is 0 Å². The molecular formula is H6B13-2. The van der Waals surface area contributed by atoms with Crippen LogP contribution in [-0.4, -0.2) is 93.1 Å². The maximum atomic E-state index is 5.92. The lowest BCUT2D eigenvalue weighted by molar-refractivity contribution is 3.45. The third-order valence-corrected chi connectivity index (χ3v) is 1.56. The van der Waals surface area contributed by atoms with E-state index in [1.807, 2.05) is 0 Å². The van der Waals surface area contributed by atoms with Gasteiger partial charge < -0.3 is 0 Å². The van der Waals surface area contributed by atoms with Gasteiger partial charge in [0.1, 0.15) is 0 Å². The molecule has 0 aromatic heterocycles. The Morgan fingerprint density at radius 3 is 1.38 bits per heavy atom. The van der Waals surface area contributed by atoms with Crippen molar-refractivity contribution in [1.29, 1.82) is 0 Å². The highest BCUT2D eigenvalue weighted by Crippen LogP contribution is 1.94. The first-order chi connectivity index (χ1) is 5.91. The van der Waals surface area contributed by atoms with Crippen LogP contribution in [0.4, 0.5) is 0 Å². The molecule has 0 nitrogen and oxygen atoms in total. The summed E-state index contributed by atoms with van der Waals surface area (Å²) in [6.07, 6.45) is -0.413. The maximum absolute atomic E-state index is 5.92. The highest BCUT2D eigenvalue weighted by atomic mass is 13.1. The first kappa shape index (κ1) is 13.8. The van der Waals surface area contributed by atoms with Gasteiger partial charge >= 0.3 is 0 Å². The summed E-state index contributed by atoms with van der Waals surface area (Å²) in [4.78, 5) is 0. The van der Waals surface area contributed by atoms with Crippen molar-refractivity contribution in [2.75, 3.05) is 0 Å². The van der Waals surface area contributed by atoms with Crippen molar-refractivity contribution in [3.8, 4) is 0 Å². The van der Waals surface area contributed by atoms with E-state index >= 15 is 0 Å². The Hall–Kier alpha value is 0.844. The van der Waals surface area contributed by atoms with Crippen molar-refractivity contribution < 1.29 is 0 Å². The smallest absolute Gasteiger partial charge is 0.00000324 e. The van der Waals surface area contributed by atoms with Crippen molar-refractivity contribution in [3.05, 3.63) is 0 Å². The van der Waals surface area contributed by atoms with Gasteiger partial charge in [-0.2, -0.15) is 7.06 Å². The summed E-state index contributed by atoms with van der Waals surface area (Å²) in [6, 6.07) is 0. The molecule has 0 rings (SSSR count). The zero-order valence-corrected chi connectivity index (χ0v) is 6.35. The molecule has 0 aromatic carbocycles. The van der Waals surface area contributed by atoms with Gasteiger partial charge in [-0.15, -0.1) is 6.39 Å². The van der Waals surface area contributed by atoms with Crippen molar-refractivity contribution >= 4 is 93.1 Å². The van der Waals surface area contributed by atoms with Gasteiger partial charge in [0.15, 0.2) is 0 Å². The van der Waals surface area contributed by atoms with Crippen LogP contribution < -0.4 is 0 Å². The molecule has 13 heteroatoms. The molecule has 0 aromatic rings. The molecule has 0 unspecified atom stereocenters. The molecule has 0 fully saturated rings. The van der Waals surface area contributed by atoms with E-state index in [4.69, 9.17) is 38.7 Å². The average molecular weight is 147 g/mol. The molecule has 0 saturated heterocycles. The number of rotatable bonds is 5. The second-order valence-electron chi connectivity index (χ2n) is 2.50. The normalized spacial score (nSPS) is 8.77. The van der Waals surface area contributed by atoms with Crippen molar-refractivity contribution in [2.45, 2.75) is 0 Å². The fraction of sp³-hybridized carbons (Fsp3) is 0. The summed E-state index contributed by atoms with van der Waals surface area (Å²) in [6.45, 7) is 0. The Bertz CT molecular complexity index is 114. The lowest BCUT2D eigenvalue weighted by atomic mass is 8.50. The maximum Gasteiger partial charge on any atom is -0.00000324 e. The monoisotopic (exact) mass is 149 g/mol. The Balaban J connectivity index is 4.49. The van der Waals surface area contributed by atoms with Crippen LogP contribution in [0.5, 0.6) is 0 Å². The predicted molar refractivity (Wildman–Crippen MR) is 83.2 cm³/mol. The third-order valence-electron chi connectivity index (χ3n) is 1.56. The molecule has 13 heavy (non-hydrogen) atoms. The lowest BCUT2D eigenvalue weighted by Crippen LogP contribution is -2.69. The van der Waals surface area contributed by atoms with Crippen molar-refractivity contribution in [1.82, 2.24) is 0 Å². The van der Waals surface area contributed by atoms with Gasteiger partial charge in [-0.25, -0.2) is 0 Å². The first-order valence-electron chi connectivity index (χ1n) is 3.33. The van der Waals surface area contributed by atoms with E-state index in [0.29, 0.717) is 0 Å². The fourth-order valence-corrected chi connectivity index (χ4v) is 0.898. The van der Waals surface area contributed by atoms with E-state index in [0.717, 1.165) is 0 Å². The van der Waals surface area contributed by atoms with Crippen LogP contribution in [0.1, 0.15) is 0 Å². The molecule has 0 spiro atoms. The molecular weight excluding hydrogens is 141 g/mol. The minimum atomic E-state index is -0.455. The zero-order chi connectivity index (χ0) is 10.6. The molecule has 0 aliphatic heterocycles. The summed E-state index contributed by atoms with van der Waals surface area (Å²) in [5.41, 5.74) is 0. The standard InChI is InChI=1S/B13H6/c1-8-12(9(2)3)13(10(4)5)11(6)7/h1-2H3/q-2. The molecule has 0 bridgehead atoms. The van der Waals surface area contributed by atoms with Crippen LogP contribution in [-0.2, 0) is 0 Å². The lowest BCUT2D eigenvalue weighted by Gasteiger charge is -2.35. The highest BCUT2D eigenvalue weighted by Gasteiger charge is 2.28. The summed E-state index contributed by atoms with van der Waals surface area (Å²) >= 11 is 0. The minimum absolute atomic E-state index is 0.0509. The van der Waals surface area contributed by atoms with E-state index in [-0.39, 0.29) is 34.6 Å². The Morgan fingerprint density at radius 1 is 0.923 bits per heavy atom. The molecule has 47 valence electrons. The highest BCUT2D eigenvalue weighted by molar-refractivity contribution is 8.07. The van der Waals surface area contributed by atoms with Gasteiger partial charge in [-0.05, 0) is 57.8 Å². The van der Waals surface area contributed by atoms with E-state index < -0.39 is 12.8 Å². The largest absolute Gasteiger partial charge is 0.161 e. The van der Waals surface area contributed by atoms with E-state index in [1.54, 1.807) is 0 Å². The molecule has 0 N–H and O–H groups in total. The van der Waals surface area contributed by atoms with Gasteiger partial charge in [0.2, 0.25) is 0 Å². The Labute approximate surface area is 93.3 Å². The summed E-state index contributed by atoms with van der Waals surface area (Å²) in [7, 11) is 31.1. The topological polar surface area (TPSA) is 0 Å². The molecule has 11 radical (unpaired) electrons. The fourth-order valence-electron chi connectivity index (χ4n) is 0.898. The zero-order valence-electron chi connectivity index (χ0n) is 6.35. The first-order valence-corrected chi connectivity index (χ1v) is 3.33. The SMILES string of the molecule is [B]B([B])B(B([B])[B])B([B][BH3-])B([B])[BH3-]. The van der Waals surface area contributed by atoms with Gasteiger partial charge in [0, 0.05) is 0 Å². The van der Waals surface area contributed by atoms with Crippen molar-refractivity contribution in [2.24, 2.45) is 0 Å². The Morgan fingerprint density at radius 2 is 1.31 bits per heavy atom. The molecule has 0 atom stereocenters. The second-order valence-corrected chi connectivity index (χ2v) is 2.50. The third kappa shape index (κ3) is 4.25. The number of hydrogen-bond donors (Lipinski definition) is 0. The molecule has 0 amide bonds. The summed E-state index contributed by atoms with van der Waals surface area (Å²) < 4.78 is 0. The van der Waals surface area contributed by atoms with Gasteiger partial charge in [0.05, 0.1) is 0 Å². The van der Waals surface area contributed by atoms with Gasteiger partial charge in [-0.1, -0.05) is 21.9 Å². The predicted octanol–water partition coefficient (Wildman–Crippen LogP) is -6.56. The van der Waals surface area contributed by atoms with E-state index in [2.05, 4.69) is 7.06 Å². The number of hydrogen-bond acceptors (Lipinski definition) is 0. The summed E-state index contributed by atoms with van der Waals surface area (Å²) in [5.74, 6) is 0. The molecule has 0 heterocycles. The van der Waals surface area contributed by atoms with Crippen molar-refractivity contribution in [3.63, 3.8) is 0 Å². The Kier molecular flexibility index (Phi) is 6.76. The summed E-state index contributed by atoms with van der Waals surface area (Å²) in [5, 5.41) is 0.